The van der Waals surface area contributed by atoms with E-state index in [0.717, 1.165) is 5.01 Å². The quantitative estimate of drug-likeness (QED) is 0.898. The first-order chi connectivity index (χ1) is 11.6. The smallest absolute Gasteiger partial charge is 0.287 e. The van der Waals surface area contributed by atoms with E-state index in [1.807, 2.05) is 6.07 Å². The van der Waals surface area contributed by atoms with Crippen LogP contribution in [0.2, 0.25) is 0 Å². The molecule has 1 heterocycles. The maximum atomic E-state index is 14.0. The minimum Gasteiger partial charge on any atom is -0.287 e. The molecule has 1 atom stereocenters. The highest BCUT2D eigenvalue weighted by Gasteiger charge is 2.53. The molecule has 1 N–H and O–H groups in total. The van der Waals surface area contributed by atoms with Crippen molar-refractivity contribution in [3.8, 4) is 6.07 Å². The van der Waals surface area contributed by atoms with Gasteiger partial charge < -0.3 is 0 Å². The zero-order valence-corrected chi connectivity index (χ0v) is 13.7. The van der Waals surface area contributed by atoms with Gasteiger partial charge in [-0.15, -0.1) is 0 Å². The van der Waals surface area contributed by atoms with Crippen molar-refractivity contribution in [1.82, 2.24) is 10.4 Å². The number of hydrogen-bond donors (Lipinski definition) is 1. The Labute approximate surface area is 142 Å². The summed E-state index contributed by atoms with van der Waals surface area (Å²) < 4.78 is 42.0. The first-order valence-electron chi connectivity index (χ1n) is 7.72. The summed E-state index contributed by atoms with van der Waals surface area (Å²) in [5.74, 6) is -0.458. The molecule has 0 bridgehead atoms. The van der Waals surface area contributed by atoms with Gasteiger partial charge in [0.25, 0.3) is 0 Å². The summed E-state index contributed by atoms with van der Waals surface area (Å²) in [6.45, 7) is 3.17. The molecule has 3 rings (SSSR count). The number of fused-ring (bicyclic) bond motifs is 1. The lowest BCUT2D eigenvalue weighted by Crippen LogP contribution is -2.51. The number of hydrazine groups is 1. The number of carbonyl (C=O) groups is 1. The molecule has 4 nitrogen and oxygen atoms in total. The third-order valence-corrected chi connectivity index (χ3v) is 4.41. The molecule has 0 unspecified atom stereocenters. The summed E-state index contributed by atoms with van der Waals surface area (Å²) in [6, 6.07) is 9.27. The zero-order valence-electron chi connectivity index (χ0n) is 13.7. The normalized spacial score (nSPS) is 18.8. The Morgan fingerprint density at radius 2 is 1.88 bits per heavy atom. The fraction of sp³-hybridized carbons (Fsp3) is 0.333. The van der Waals surface area contributed by atoms with Crippen molar-refractivity contribution in [3.05, 3.63) is 47.5 Å². The van der Waals surface area contributed by atoms with Gasteiger partial charge in [-0.25, -0.2) is 0 Å². The predicted molar refractivity (Wildman–Crippen MR) is 86.1 cm³/mol. The highest BCUT2D eigenvalue weighted by Crippen LogP contribution is 2.45. The van der Waals surface area contributed by atoms with E-state index in [1.54, 1.807) is 32.0 Å². The number of benzene rings is 2. The maximum absolute atomic E-state index is 14.0. The van der Waals surface area contributed by atoms with Gasteiger partial charge in [0.05, 0.1) is 11.6 Å². The van der Waals surface area contributed by atoms with Gasteiger partial charge in [0, 0.05) is 17.3 Å². The Morgan fingerprint density at radius 1 is 1.24 bits per heavy atom. The van der Waals surface area contributed by atoms with Crippen LogP contribution < -0.4 is 5.43 Å². The molecular formula is C18H16F3N3O. The van der Waals surface area contributed by atoms with Crippen molar-refractivity contribution in [1.29, 1.82) is 5.26 Å². The van der Waals surface area contributed by atoms with E-state index in [-0.39, 0.29) is 22.9 Å². The minimum atomic E-state index is -4.63. The monoisotopic (exact) mass is 347 g/mol. The molecule has 130 valence electrons. The molecule has 1 saturated heterocycles. The number of nitrogens with zero attached hydrogens (tertiary/aromatic N) is 2. The highest BCUT2D eigenvalue weighted by atomic mass is 19.4. The third-order valence-electron chi connectivity index (χ3n) is 4.41. The molecular weight excluding hydrogens is 331 g/mol. The van der Waals surface area contributed by atoms with E-state index in [4.69, 9.17) is 0 Å². The summed E-state index contributed by atoms with van der Waals surface area (Å²) in [4.78, 5) is 11.7. The number of nitriles is 1. The van der Waals surface area contributed by atoms with Crippen LogP contribution in [0.3, 0.4) is 0 Å². The van der Waals surface area contributed by atoms with Gasteiger partial charge in [-0.05, 0) is 30.9 Å². The summed E-state index contributed by atoms with van der Waals surface area (Å²) in [7, 11) is 0. The summed E-state index contributed by atoms with van der Waals surface area (Å²) in [6.07, 6.45) is -4.67. The molecule has 1 amide bonds. The van der Waals surface area contributed by atoms with E-state index in [0.29, 0.717) is 5.39 Å². The first kappa shape index (κ1) is 17.2. The van der Waals surface area contributed by atoms with Crippen LogP contribution in [-0.4, -0.2) is 22.6 Å². The second-order valence-corrected chi connectivity index (χ2v) is 6.70. The fourth-order valence-electron chi connectivity index (χ4n) is 3.37. The summed E-state index contributed by atoms with van der Waals surface area (Å²) in [5.41, 5.74) is 1.46. The predicted octanol–water partition coefficient (Wildman–Crippen LogP) is 3.83. The number of nitrogens with one attached hydrogen (secondary N) is 1. The second-order valence-electron chi connectivity index (χ2n) is 6.70. The van der Waals surface area contributed by atoms with Gasteiger partial charge in [-0.2, -0.15) is 23.4 Å². The molecule has 1 aliphatic heterocycles. The molecule has 0 aliphatic carbocycles. The molecule has 1 fully saturated rings. The molecule has 0 saturated carbocycles. The lowest BCUT2D eigenvalue weighted by atomic mass is 9.92. The maximum Gasteiger partial charge on any atom is 0.409 e. The number of amides is 1. The largest absolute Gasteiger partial charge is 0.409 e. The fourth-order valence-corrected chi connectivity index (χ4v) is 3.37. The Kier molecular flexibility index (Phi) is 3.96. The van der Waals surface area contributed by atoms with Gasteiger partial charge in [-0.1, -0.05) is 30.3 Å². The van der Waals surface area contributed by atoms with Crippen LogP contribution in [-0.2, 0) is 4.79 Å². The van der Waals surface area contributed by atoms with E-state index >= 15 is 0 Å². The van der Waals surface area contributed by atoms with Crippen molar-refractivity contribution < 1.29 is 18.0 Å². The lowest BCUT2D eigenvalue weighted by Gasteiger charge is -2.38. The Bertz CT molecular complexity index is 878. The van der Waals surface area contributed by atoms with Crippen molar-refractivity contribution in [2.24, 2.45) is 0 Å². The van der Waals surface area contributed by atoms with Crippen LogP contribution in [0.25, 0.3) is 10.8 Å². The number of carbonyl (C=O) groups excluding carboxylic acids is 1. The van der Waals surface area contributed by atoms with E-state index in [9.17, 15) is 23.2 Å². The van der Waals surface area contributed by atoms with Crippen LogP contribution in [0.4, 0.5) is 13.2 Å². The molecule has 2 aromatic carbocycles. The summed E-state index contributed by atoms with van der Waals surface area (Å²) in [5, 5.41) is 11.1. The summed E-state index contributed by atoms with van der Waals surface area (Å²) >= 11 is 0. The van der Waals surface area contributed by atoms with E-state index < -0.39 is 23.7 Å². The van der Waals surface area contributed by atoms with Gasteiger partial charge in [0.1, 0.15) is 0 Å². The van der Waals surface area contributed by atoms with Crippen LogP contribution in [0.15, 0.2) is 36.4 Å². The van der Waals surface area contributed by atoms with Crippen LogP contribution in [0, 0.1) is 11.3 Å². The number of halogens is 3. The zero-order chi connectivity index (χ0) is 18.4. The van der Waals surface area contributed by atoms with Crippen molar-refractivity contribution in [2.75, 3.05) is 0 Å². The lowest BCUT2D eigenvalue weighted by molar-refractivity contribution is -0.203. The van der Waals surface area contributed by atoms with Gasteiger partial charge in [-0.3, -0.25) is 10.2 Å². The molecule has 1 aliphatic rings. The SMILES string of the molecule is CC1(C)CC(=O)NN1[C@@H](c1cccc2cccc(C#N)c12)C(F)(F)F. The Balaban J connectivity index is 2.28. The second kappa shape index (κ2) is 5.74. The average molecular weight is 347 g/mol. The number of hydrogen-bond acceptors (Lipinski definition) is 3. The van der Waals surface area contributed by atoms with Crippen LogP contribution in [0.1, 0.15) is 37.4 Å². The first-order valence-corrected chi connectivity index (χ1v) is 7.72. The third kappa shape index (κ3) is 2.94. The van der Waals surface area contributed by atoms with Crippen LogP contribution in [0.5, 0.6) is 0 Å². The van der Waals surface area contributed by atoms with E-state index in [1.165, 1.54) is 18.2 Å². The van der Waals surface area contributed by atoms with Crippen LogP contribution >= 0.6 is 0 Å². The highest BCUT2D eigenvalue weighted by molar-refractivity contribution is 5.91. The number of rotatable bonds is 2. The molecule has 0 spiro atoms. The Hall–Kier alpha value is -2.59. The van der Waals surface area contributed by atoms with E-state index in [2.05, 4.69) is 5.43 Å². The van der Waals surface area contributed by atoms with Crippen molar-refractivity contribution >= 4 is 16.7 Å². The Morgan fingerprint density at radius 3 is 2.40 bits per heavy atom. The molecule has 0 aromatic heterocycles. The minimum absolute atomic E-state index is 0.0323. The molecule has 7 heteroatoms. The number of alkyl halides is 3. The van der Waals surface area contributed by atoms with Gasteiger partial charge >= 0.3 is 6.18 Å². The molecule has 0 radical (unpaired) electrons. The van der Waals surface area contributed by atoms with Gasteiger partial charge in [0.15, 0.2) is 6.04 Å². The standard InChI is InChI=1S/C18H16F3N3O/c1-17(2)9-14(25)23-24(17)16(18(19,20)21)13-8-4-6-11-5-3-7-12(10-22)15(11)13/h3-8,16H,9H2,1-2H3,(H,23,25)/t16-/m0/s1. The van der Waals surface area contributed by atoms with Crippen molar-refractivity contribution in [3.63, 3.8) is 0 Å². The molecule has 25 heavy (non-hydrogen) atoms. The van der Waals surface area contributed by atoms with Gasteiger partial charge in [0.2, 0.25) is 5.91 Å². The molecule has 2 aromatic rings. The van der Waals surface area contributed by atoms with Crippen molar-refractivity contribution in [2.45, 2.75) is 38.0 Å². The topological polar surface area (TPSA) is 56.1 Å². The average Bonchev–Trinajstić information content (AvgIpc) is 2.78.